The average Bonchev–Trinajstić information content (AvgIpc) is 3.24. The number of hydrogen-bond donors (Lipinski definition) is 1. The monoisotopic (exact) mass is 404 g/mol. The number of allylic oxidation sites excluding steroid dienone is 1. The van der Waals surface area contributed by atoms with Gasteiger partial charge in [-0.3, -0.25) is 4.90 Å². The van der Waals surface area contributed by atoms with E-state index in [1.165, 1.54) is 0 Å². The van der Waals surface area contributed by atoms with Gasteiger partial charge in [-0.15, -0.1) is 0 Å². The maximum absolute atomic E-state index is 12.8. The third kappa shape index (κ3) is 3.84. The standard InChI is InChI=1S/C23H24N4O3/c1-15-9-11-17(12-10-15)20-19(16(2)27(13-14-29-3)23(28)24-20)22-25-21(26-30-22)18-7-5-4-6-8-18/h4-12,20H,13-14H2,1-3H3,(H,24,28). The number of nitrogens with one attached hydrogen (secondary N) is 1. The zero-order valence-corrected chi connectivity index (χ0v) is 17.3. The fraction of sp³-hybridized carbons (Fsp3) is 0.261. The van der Waals surface area contributed by atoms with Crippen LogP contribution in [0.1, 0.15) is 30.0 Å². The van der Waals surface area contributed by atoms with E-state index in [0.717, 1.165) is 28.0 Å². The minimum Gasteiger partial charge on any atom is -0.383 e. The van der Waals surface area contributed by atoms with E-state index in [-0.39, 0.29) is 12.1 Å². The summed E-state index contributed by atoms with van der Waals surface area (Å²) < 4.78 is 10.8. The van der Waals surface area contributed by atoms with E-state index in [0.29, 0.717) is 24.9 Å². The van der Waals surface area contributed by atoms with Crippen LogP contribution in [0.3, 0.4) is 0 Å². The Morgan fingerprint density at radius 2 is 1.83 bits per heavy atom. The zero-order valence-electron chi connectivity index (χ0n) is 17.3. The highest BCUT2D eigenvalue weighted by atomic mass is 16.5. The van der Waals surface area contributed by atoms with Gasteiger partial charge in [0.25, 0.3) is 5.89 Å². The van der Waals surface area contributed by atoms with Gasteiger partial charge in [0.2, 0.25) is 5.82 Å². The van der Waals surface area contributed by atoms with Crippen LogP contribution in [0.4, 0.5) is 4.79 Å². The minimum absolute atomic E-state index is 0.179. The van der Waals surface area contributed by atoms with E-state index in [9.17, 15) is 4.79 Å². The van der Waals surface area contributed by atoms with Crippen LogP contribution in [-0.4, -0.2) is 41.3 Å². The molecule has 2 amide bonds. The van der Waals surface area contributed by atoms with Gasteiger partial charge in [0, 0.05) is 18.4 Å². The number of amides is 2. The lowest BCUT2D eigenvalue weighted by molar-refractivity contribution is 0.158. The van der Waals surface area contributed by atoms with Gasteiger partial charge >= 0.3 is 6.03 Å². The molecule has 0 saturated heterocycles. The van der Waals surface area contributed by atoms with Crippen LogP contribution < -0.4 is 5.32 Å². The first-order chi connectivity index (χ1) is 14.6. The molecule has 0 radical (unpaired) electrons. The van der Waals surface area contributed by atoms with Gasteiger partial charge < -0.3 is 14.6 Å². The van der Waals surface area contributed by atoms with Gasteiger partial charge in [0.05, 0.1) is 24.8 Å². The molecule has 0 spiro atoms. The van der Waals surface area contributed by atoms with Crippen LogP contribution in [0.15, 0.2) is 64.8 Å². The van der Waals surface area contributed by atoms with Crippen molar-refractivity contribution in [3.8, 4) is 11.4 Å². The van der Waals surface area contributed by atoms with Gasteiger partial charge in [0.1, 0.15) is 0 Å². The van der Waals surface area contributed by atoms with Crippen molar-refractivity contribution in [3.05, 3.63) is 77.3 Å². The highest BCUT2D eigenvalue weighted by molar-refractivity contribution is 5.86. The number of urea groups is 1. The largest absolute Gasteiger partial charge is 0.383 e. The van der Waals surface area contributed by atoms with Crippen LogP contribution in [0.2, 0.25) is 0 Å². The molecular weight excluding hydrogens is 380 g/mol. The van der Waals surface area contributed by atoms with Crippen LogP contribution >= 0.6 is 0 Å². The maximum atomic E-state index is 12.8. The second kappa shape index (κ2) is 8.51. The predicted molar refractivity (Wildman–Crippen MR) is 113 cm³/mol. The second-order valence-corrected chi connectivity index (χ2v) is 7.23. The lowest BCUT2D eigenvalue weighted by Crippen LogP contribution is -2.47. The number of aryl methyl sites for hydroxylation is 1. The summed E-state index contributed by atoms with van der Waals surface area (Å²) in [5.74, 6) is 0.897. The van der Waals surface area contributed by atoms with Gasteiger partial charge in [-0.05, 0) is 19.4 Å². The molecule has 1 N–H and O–H groups in total. The molecule has 154 valence electrons. The van der Waals surface area contributed by atoms with Crippen LogP contribution in [0, 0.1) is 6.92 Å². The zero-order chi connectivity index (χ0) is 21.1. The first kappa shape index (κ1) is 19.8. The van der Waals surface area contributed by atoms with Crippen LogP contribution in [0.5, 0.6) is 0 Å². The quantitative estimate of drug-likeness (QED) is 0.666. The van der Waals surface area contributed by atoms with Crippen molar-refractivity contribution < 1.29 is 14.1 Å². The Bertz CT molecular complexity index is 1060. The molecule has 0 bridgehead atoms. The van der Waals surface area contributed by atoms with Crippen LogP contribution in [0.25, 0.3) is 17.0 Å². The Kier molecular flexibility index (Phi) is 5.63. The van der Waals surface area contributed by atoms with Crippen LogP contribution in [-0.2, 0) is 4.74 Å². The lowest BCUT2D eigenvalue weighted by Gasteiger charge is -2.35. The third-order valence-corrected chi connectivity index (χ3v) is 5.21. The third-order valence-electron chi connectivity index (χ3n) is 5.21. The molecular formula is C23H24N4O3. The molecule has 1 aliphatic heterocycles. The van der Waals surface area contributed by atoms with Gasteiger partial charge in [-0.25, -0.2) is 4.79 Å². The molecule has 3 aromatic rings. The summed E-state index contributed by atoms with van der Waals surface area (Å²) in [7, 11) is 1.61. The first-order valence-corrected chi connectivity index (χ1v) is 9.82. The summed E-state index contributed by atoms with van der Waals surface area (Å²) in [6.07, 6.45) is 0. The predicted octanol–water partition coefficient (Wildman–Crippen LogP) is 4.19. The molecule has 0 saturated carbocycles. The summed E-state index contributed by atoms with van der Waals surface area (Å²) in [5, 5.41) is 7.25. The SMILES string of the molecule is COCCN1C(=O)NC(c2ccc(C)cc2)C(c2nc(-c3ccccc3)no2)=C1C. The Morgan fingerprint density at radius 3 is 2.53 bits per heavy atom. The van der Waals surface area contributed by atoms with E-state index < -0.39 is 0 Å². The fourth-order valence-electron chi connectivity index (χ4n) is 3.56. The molecule has 0 aliphatic carbocycles. The topological polar surface area (TPSA) is 80.5 Å². The molecule has 2 aromatic carbocycles. The minimum atomic E-state index is -0.388. The highest BCUT2D eigenvalue weighted by Crippen LogP contribution is 2.37. The average molecular weight is 404 g/mol. The highest BCUT2D eigenvalue weighted by Gasteiger charge is 2.35. The molecule has 4 rings (SSSR count). The number of rotatable bonds is 6. The lowest BCUT2D eigenvalue weighted by atomic mass is 9.94. The normalized spacial score (nSPS) is 16.7. The number of ether oxygens (including phenoxy) is 1. The molecule has 1 unspecified atom stereocenters. The Morgan fingerprint density at radius 1 is 1.10 bits per heavy atom. The summed E-state index contributed by atoms with van der Waals surface area (Å²) >= 11 is 0. The number of methoxy groups -OCH3 is 1. The molecule has 1 atom stereocenters. The summed E-state index contributed by atoms with van der Waals surface area (Å²) in [6.45, 7) is 4.78. The number of hydrogen-bond acceptors (Lipinski definition) is 5. The van der Waals surface area contributed by atoms with Gasteiger partial charge in [-0.1, -0.05) is 65.3 Å². The summed E-state index contributed by atoms with van der Waals surface area (Å²) in [6, 6.07) is 17.2. The number of carbonyl (C=O) groups is 1. The first-order valence-electron chi connectivity index (χ1n) is 9.82. The molecule has 0 fully saturated rings. The molecule has 1 aromatic heterocycles. The number of carbonyl (C=O) groups excluding carboxylic acids is 1. The van der Waals surface area contributed by atoms with Gasteiger partial charge in [-0.2, -0.15) is 4.98 Å². The molecule has 7 nitrogen and oxygen atoms in total. The molecule has 1 aliphatic rings. The van der Waals surface area contributed by atoms with E-state index in [1.54, 1.807) is 12.0 Å². The van der Waals surface area contributed by atoms with Crippen molar-refractivity contribution in [1.82, 2.24) is 20.4 Å². The molecule has 30 heavy (non-hydrogen) atoms. The maximum Gasteiger partial charge on any atom is 0.322 e. The van der Waals surface area contributed by atoms with E-state index in [4.69, 9.17) is 9.26 Å². The van der Waals surface area contributed by atoms with Crippen molar-refractivity contribution in [1.29, 1.82) is 0 Å². The van der Waals surface area contributed by atoms with Crippen molar-refractivity contribution in [2.45, 2.75) is 19.9 Å². The summed E-state index contributed by atoms with van der Waals surface area (Å²) in [4.78, 5) is 19.1. The molecule has 7 heteroatoms. The number of aromatic nitrogens is 2. The van der Waals surface area contributed by atoms with E-state index in [2.05, 4.69) is 15.5 Å². The fourth-order valence-corrected chi connectivity index (χ4v) is 3.56. The van der Waals surface area contributed by atoms with E-state index >= 15 is 0 Å². The van der Waals surface area contributed by atoms with Crippen molar-refractivity contribution >= 4 is 11.6 Å². The number of nitrogens with zero attached hydrogens (tertiary/aromatic N) is 3. The summed E-state index contributed by atoms with van der Waals surface area (Å²) in [5.41, 5.74) is 4.52. The Hall–Kier alpha value is -3.45. The molecule has 2 heterocycles. The Labute approximate surface area is 175 Å². The smallest absolute Gasteiger partial charge is 0.322 e. The number of benzene rings is 2. The Balaban J connectivity index is 1.79. The second-order valence-electron chi connectivity index (χ2n) is 7.23. The van der Waals surface area contributed by atoms with Gasteiger partial charge in [0.15, 0.2) is 0 Å². The van der Waals surface area contributed by atoms with Crippen molar-refractivity contribution in [2.24, 2.45) is 0 Å². The van der Waals surface area contributed by atoms with Crippen molar-refractivity contribution in [2.75, 3.05) is 20.3 Å². The van der Waals surface area contributed by atoms with Crippen molar-refractivity contribution in [3.63, 3.8) is 0 Å². The van der Waals surface area contributed by atoms with E-state index in [1.807, 2.05) is 68.4 Å².